The maximum absolute atomic E-state index is 12.0. The second-order valence-corrected chi connectivity index (χ2v) is 7.96. The fourth-order valence-electron chi connectivity index (χ4n) is 4.45. The topological polar surface area (TPSA) is 86.7 Å². The third-order valence-electron chi connectivity index (χ3n) is 5.86. The molecule has 1 aromatic carbocycles. The monoisotopic (exact) mass is 397 g/mol. The Labute approximate surface area is 174 Å². The number of carbonyl (C=O) groups is 1. The molecule has 1 amide bonds. The van der Waals surface area contributed by atoms with Crippen LogP contribution in [-0.2, 0) is 6.42 Å². The van der Waals surface area contributed by atoms with Gasteiger partial charge in [-0.25, -0.2) is 4.98 Å². The molecule has 1 aliphatic rings. The summed E-state index contributed by atoms with van der Waals surface area (Å²) in [6.45, 7) is 4.22. The zero-order chi connectivity index (χ0) is 20.8. The van der Waals surface area contributed by atoms with Crippen LogP contribution in [0.3, 0.4) is 0 Å². The van der Waals surface area contributed by atoms with Crippen LogP contribution in [0.25, 0.3) is 33.5 Å². The van der Waals surface area contributed by atoms with Gasteiger partial charge in [-0.2, -0.15) is 0 Å². The number of pyridine rings is 2. The van der Waals surface area contributed by atoms with Gasteiger partial charge in [0, 0.05) is 35.3 Å². The molecular weight excluding hydrogens is 374 g/mol. The molecule has 5 rings (SSSR count). The highest BCUT2D eigenvalue weighted by molar-refractivity contribution is 6.06. The SMILES string of the molecule is Cc1cccc(-c2nc3n(c2-c2ccc4nccc(C(N)=O)c4c2)[C@H](C)CCC3)n1. The largest absolute Gasteiger partial charge is 0.366 e. The predicted octanol–water partition coefficient (Wildman–Crippen LogP) is 4.46. The van der Waals surface area contributed by atoms with Gasteiger partial charge in [0.25, 0.3) is 0 Å². The molecule has 0 saturated heterocycles. The Kier molecular flexibility index (Phi) is 4.35. The lowest BCUT2D eigenvalue weighted by Gasteiger charge is -2.24. The second kappa shape index (κ2) is 7.06. The lowest BCUT2D eigenvalue weighted by molar-refractivity contribution is 0.100. The summed E-state index contributed by atoms with van der Waals surface area (Å²) in [6.07, 6.45) is 4.81. The summed E-state index contributed by atoms with van der Waals surface area (Å²) in [5.74, 6) is 0.632. The van der Waals surface area contributed by atoms with Crippen LogP contribution >= 0.6 is 0 Å². The Morgan fingerprint density at radius 2 is 2.03 bits per heavy atom. The fourth-order valence-corrected chi connectivity index (χ4v) is 4.45. The number of amides is 1. The Morgan fingerprint density at radius 3 is 2.83 bits per heavy atom. The molecule has 0 radical (unpaired) electrons. The van der Waals surface area contributed by atoms with E-state index in [-0.39, 0.29) is 0 Å². The minimum Gasteiger partial charge on any atom is -0.366 e. The van der Waals surface area contributed by atoms with E-state index in [1.807, 2.05) is 43.3 Å². The number of aromatic nitrogens is 4. The van der Waals surface area contributed by atoms with Crippen molar-refractivity contribution in [1.82, 2.24) is 19.5 Å². The average Bonchev–Trinajstić information content (AvgIpc) is 3.14. The molecule has 1 aliphatic heterocycles. The number of nitrogens with two attached hydrogens (primary N) is 1. The Hall–Kier alpha value is -3.54. The molecule has 0 aliphatic carbocycles. The van der Waals surface area contributed by atoms with Crippen molar-refractivity contribution in [1.29, 1.82) is 0 Å². The number of benzene rings is 1. The van der Waals surface area contributed by atoms with E-state index in [0.717, 1.165) is 64.3 Å². The van der Waals surface area contributed by atoms with Gasteiger partial charge < -0.3 is 10.3 Å². The van der Waals surface area contributed by atoms with Crippen LogP contribution in [0.1, 0.15) is 47.7 Å². The number of aryl methyl sites for hydroxylation is 2. The van der Waals surface area contributed by atoms with Crippen LogP contribution in [-0.4, -0.2) is 25.4 Å². The molecule has 0 bridgehead atoms. The van der Waals surface area contributed by atoms with Gasteiger partial charge >= 0.3 is 0 Å². The minimum atomic E-state index is -0.455. The highest BCUT2D eigenvalue weighted by Gasteiger charge is 2.26. The molecule has 4 aromatic rings. The summed E-state index contributed by atoms with van der Waals surface area (Å²) in [7, 11) is 0. The van der Waals surface area contributed by atoms with E-state index >= 15 is 0 Å². The highest BCUT2D eigenvalue weighted by Crippen LogP contribution is 2.39. The molecule has 30 heavy (non-hydrogen) atoms. The Balaban J connectivity index is 1.81. The van der Waals surface area contributed by atoms with Gasteiger partial charge in [0.1, 0.15) is 11.5 Å². The van der Waals surface area contributed by atoms with E-state index < -0.39 is 5.91 Å². The van der Waals surface area contributed by atoms with Crippen LogP contribution in [0, 0.1) is 6.92 Å². The van der Waals surface area contributed by atoms with E-state index in [0.29, 0.717) is 11.6 Å². The lowest BCUT2D eigenvalue weighted by Crippen LogP contribution is -2.16. The Bertz CT molecular complexity index is 1290. The summed E-state index contributed by atoms with van der Waals surface area (Å²) < 4.78 is 2.34. The molecule has 1 atom stereocenters. The molecule has 0 fully saturated rings. The van der Waals surface area contributed by atoms with Crippen molar-refractivity contribution in [2.75, 3.05) is 0 Å². The van der Waals surface area contributed by atoms with Crippen molar-refractivity contribution in [3.63, 3.8) is 0 Å². The molecule has 150 valence electrons. The van der Waals surface area contributed by atoms with Crippen molar-refractivity contribution < 1.29 is 4.79 Å². The van der Waals surface area contributed by atoms with Gasteiger partial charge in [0.2, 0.25) is 5.91 Å². The first-order valence-corrected chi connectivity index (χ1v) is 10.3. The highest BCUT2D eigenvalue weighted by atomic mass is 16.1. The molecule has 6 heteroatoms. The van der Waals surface area contributed by atoms with Crippen LogP contribution < -0.4 is 5.73 Å². The maximum Gasteiger partial charge on any atom is 0.249 e. The Morgan fingerprint density at radius 1 is 1.17 bits per heavy atom. The molecule has 0 spiro atoms. The van der Waals surface area contributed by atoms with Crippen molar-refractivity contribution in [2.24, 2.45) is 5.73 Å². The van der Waals surface area contributed by atoms with E-state index in [9.17, 15) is 4.79 Å². The van der Waals surface area contributed by atoms with Crippen molar-refractivity contribution in [2.45, 2.75) is 39.2 Å². The molecule has 0 saturated carbocycles. The quantitative estimate of drug-likeness (QED) is 0.553. The summed E-state index contributed by atoms with van der Waals surface area (Å²) >= 11 is 0. The smallest absolute Gasteiger partial charge is 0.249 e. The van der Waals surface area contributed by atoms with Gasteiger partial charge in [-0.3, -0.25) is 14.8 Å². The predicted molar refractivity (Wildman–Crippen MR) is 117 cm³/mol. The number of imidazole rings is 1. The summed E-state index contributed by atoms with van der Waals surface area (Å²) in [6, 6.07) is 14.0. The van der Waals surface area contributed by atoms with Gasteiger partial charge in [-0.15, -0.1) is 0 Å². The first-order valence-electron chi connectivity index (χ1n) is 10.3. The number of hydrogen-bond acceptors (Lipinski definition) is 4. The van der Waals surface area contributed by atoms with Crippen molar-refractivity contribution in [3.05, 3.63) is 65.7 Å². The van der Waals surface area contributed by atoms with E-state index in [1.165, 1.54) is 0 Å². The standard InChI is InChI=1S/C24H23N5O/c1-14-5-3-7-20(27-14)22-23(29-15(2)6-4-8-21(29)28-22)16-9-10-19-18(13-16)17(24(25)30)11-12-26-19/h3,5,7,9-13,15H,4,6,8H2,1-2H3,(H2,25,30)/t15-/m1/s1. The van der Waals surface area contributed by atoms with E-state index in [4.69, 9.17) is 15.7 Å². The second-order valence-electron chi connectivity index (χ2n) is 7.96. The number of rotatable bonds is 3. The van der Waals surface area contributed by atoms with Gasteiger partial charge in [-0.05, 0) is 57.0 Å². The normalized spacial score (nSPS) is 15.9. The van der Waals surface area contributed by atoms with Crippen LogP contribution in [0.15, 0.2) is 48.7 Å². The molecule has 0 unspecified atom stereocenters. The molecule has 3 aromatic heterocycles. The number of primary amides is 1. The number of nitrogens with zero attached hydrogens (tertiary/aromatic N) is 4. The lowest BCUT2D eigenvalue weighted by atomic mass is 10.00. The van der Waals surface area contributed by atoms with Gasteiger partial charge in [-0.1, -0.05) is 12.1 Å². The third-order valence-corrected chi connectivity index (χ3v) is 5.86. The molecule has 4 heterocycles. The van der Waals surface area contributed by atoms with E-state index in [1.54, 1.807) is 12.3 Å². The van der Waals surface area contributed by atoms with Gasteiger partial charge in [0.05, 0.1) is 22.5 Å². The van der Waals surface area contributed by atoms with E-state index in [2.05, 4.69) is 16.5 Å². The number of fused-ring (bicyclic) bond motifs is 2. The van der Waals surface area contributed by atoms with Crippen LogP contribution in [0.5, 0.6) is 0 Å². The zero-order valence-corrected chi connectivity index (χ0v) is 17.1. The molecule has 6 nitrogen and oxygen atoms in total. The van der Waals surface area contributed by atoms with Gasteiger partial charge in [0.15, 0.2) is 0 Å². The minimum absolute atomic E-state index is 0.343. The first-order chi connectivity index (χ1) is 14.5. The van der Waals surface area contributed by atoms with Crippen molar-refractivity contribution >= 4 is 16.8 Å². The summed E-state index contributed by atoms with van der Waals surface area (Å²) in [4.78, 5) is 26.2. The average molecular weight is 397 g/mol. The zero-order valence-electron chi connectivity index (χ0n) is 17.1. The van der Waals surface area contributed by atoms with Crippen LogP contribution in [0.2, 0.25) is 0 Å². The summed E-state index contributed by atoms with van der Waals surface area (Å²) in [5.41, 5.74) is 11.6. The number of hydrogen-bond donors (Lipinski definition) is 1. The van der Waals surface area contributed by atoms with Crippen molar-refractivity contribution in [3.8, 4) is 22.6 Å². The molecule has 2 N–H and O–H groups in total. The van der Waals surface area contributed by atoms with Crippen LogP contribution in [0.4, 0.5) is 0 Å². The third kappa shape index (κ3) is 2.96. The fraction of sp³-hybridized carbons (Fsp3) is 0.250. The maximum atomic E-state index is 12.0. The number of carbonyl (C=O) groups excluding carboxylic acids is 1. The summed E-state index contributed by atoms with van der Waals surface area (Å²) in [5, 5.41) is 0.754. The molecular formula is C24H23N5O. The first kappa shape index (κ1) is 18.5.